The Labute approximate surface area is 72.1 Å². The molecule has 0 aliphatic heterocycles. The van der Waals surface area contributed by atoms with E-state index < -0.39 is 0 Å². The van der Waals surface area contributed by atoms with E-state index in [0.29, 0.717) is 5.89 Å². The molecule has 0 radical (unpaired) electrons. The molecular weight excluding hydrogens is 154 g/mol. The van der Waals surface area contributed by atoms with E-state index in [-0.39, 0.29) is 0 Å². The van der Waals surface area contributed by atoms with Crippen molar-refractivity contribution in [2.45, 2.75) is 20.8 Å². The van der Waals surface area contributed by atoms with Crippen LogP contribution >= 0.6 is 0 Å². The van der Waals surface area contributed by atoms with Crippen molar-refractivity contribution >= 4 is 6.08 Å². The summed E-state index contributed by atoms with van der Waals surface area (Å²) in [6.07, 6.45) is 1.85. The number of allylic oxidation sites excluding steroid dienone is 1. The summed E-state index contributed by atoms with van der Waals surface area (Å²) in [6.45, 7) is 5.59. The lowest BCUT2D eigenvalue weighted by Gasteiger charge is -1.95. The van der Waals surface area contributed by atoms with Gasteiger partial charge in [-0.05, 0) is 13.8 Å². The van der Waals surface area contributed by atoms with Crippen molar-refractivity contribution in [1.29, 1.82) is 0 Å². The normalized spacial score (nSPS) is 11.8. The van der Waals surface area contributed by atoms with Crippen LogP contribution in [0.2, 0.25) is 0 Å². The quantitative estimate of drug-likeness (QED) is 0.634. The molecule has 0 bridgehead atoms. The standard InChI is InChI=1S/C9H13NO2/c1-6(11-4)5-9-7(2)12-8(3)10-9/h5H,1-4H3/b6-5+. The molecule has 3 heteroatoms. The highest BCUT2D eigenvalue weighted by molar-refractivity contribution is 5.48. The van der Waals surface area contributed by atoms with Crippen molar-refractivity contribution in [2.24, 2.45) is 0 Å². The van der Waals surface area contributed by atoms with Crippen LogP contribution in [0.15, 0.2) is 10.2 Å². The summed E-state index contributed by atoms with van der Waals surface area (Å²) in [5.41, 5.74) is 0.840. The maximum atomic E-state index is 5.25. The number of oxazole rings is 1. The summed E-state index contributed by atoms with van der Waals surface area (Å²) < 4.78 is 10.2. The number of ether oxygens (including phenoxy) is 1. The van der Waals surface area contributed by atoms with Gasteiger partial charge in [-0.3, -0.25) is 0 Å². The highest BCUT2D eigenvalue weighted by Crippen LogP contribution is 2.12. The van der Waals surface area contributed by atoms with Gasteiger partial charge in [-0.25, -0.2) is 4.98 Å². The second-order valence-electron chi connectivity index (χ2n) is 2.63. The van der Waals surface area contributed by atoms with Gasteiger partial charge in [0.25, 0.3) is 0 Å². The Morgan fingerprint density at radius 3 is 2.58 bits per heavy atom. The fraction of sp³-hybridized carbons (Fsp3) is 0.444. The summed E-state index contributed by atoms with van der Waals surface area (Å²) in [7, 11) is 1.63. The molecule has 0 aliphatic rings. The van der Waals surface area contributed by atoms with E-state index in [4.69, 9.17) is 9.15 Å². The molecule has 0 atom stereocenters. The van der Waals surface area contributed by atoms with Crippen LogP contribution in [0.3, 0.4) is 0 Å². The summed E-state index contributed by atoms with van der Waals surface area (Å²) in [5, 5.41) is 0. The van der Waals surface area contributed by atoms with Crippen molar-refractivity contribution in [3.8, 4) is 0 Å². The molecule has 1 aromatic heterocycles. The summed E-state index contributed by atoms with van der Waals surface area (Å²) in [4.78, 5) is 4.18. The molecule has 0 amide bonds. The lowest BCUT2D eigenvalue weighted by molar-refractivity contribution is 0.297. The van der Waals surface area contributed by atoms with Gasteiger partial charge in [-0.2, -0.15) is 0 Å². The number of methoxy groups -OCH3 is 1. The van der Waals surface area contributed by atoms with E-state index in [1.807, 2.05) is 26.8 Å². The van der Waals surface area contributed by atoms with Crippen molar-refractivity contribution in [2.75, 3.05) is 7.11 Å². The Balaban J connectivity index is 2.95. The third-order valence-electron chi connectivity index (χ3n) is 1.60. The van der Waals surface area contributed by atoms with Gasteiger partial charge in [-0.1, -0.05) is 0 Å². The van der Waals surface area contributed by atoms with E-state index in [0.717, 1.165) is 17.2 Å². The van der Waals surface area contributed by atoms with Crippen LogP contribution < -0.4 is 0 Å². The van der Waals surface area contributed by atoms with Gasteiger partial charge in [-0.15, -0.1) is 0 Å². The first-order chi connectivity index (χ1) is 5.63. The maximum absolute atomic E-state index is 5.25. The molecule has 0 unspecified atom stereocenters. The fourth-order valence-electron chi connectivity index (χ4n) is 0.930. The van der Waals surface area contributed by atoms with Crippen LogP contribution in [0.1, 0.15) is 24.3 Å². The lowest BCUT2D eigenvalue weighted by Crippen LogP contribution is -1.82. The molecule has 0 spiro atoms. The van der Waals surface area contributed by atoms with Gasteiger partial charge in [0.15, 0.2) is 5.89 Å². The summed E-state index contributed by atoms with van der Waals surface area (Å²) >= 11 is 0. The molecule has 0 aliphatic carbocycles. The zero-order valence-electron chi connectivity index (χ0n) is 7.84. The minimum Gasteiger partial charge on any atom is -0.501 e. The molecule has 0 saturated carbocycles. The first kappa shape index (κ1) is 8.84. The topological polar surface area (TPSA) is 35.3 Å². The number of hydrogen-bond acceptors (Lipinski definition) is 3. The van der Waals surface area contributed by atoms with E-state index in [2.05, 4.69) is 4.98 Å². The Morgan fingerprint density at radius 1 is 1.50 bits per heavy atom. The molecule has 1 heterocycles. The second kappa shape index (κ2) is 3.43. The Bertz CT molecular complexity index is 299. The molecule has 12 heavy (non-hydrogen) atoms. The molecule has 0 N–H and O–H groups in total. The minimum absolute atomic E-state index is 0.683. The monoisotopic (exact) mass is 167 g/mol. The third kappa shape index (κ3) is 1.87. The number of nitrogens with zero attached hydrogens (tertiary/aromatic N) is 1. The minimum atomic E-state index is 0.683. The van der Waals surface area contributed by atoms with Crippen LogP contribution in [0.4, 0.5) is 0 Å². The predicted octanol–water partition coefficient (Wildman–Crippen LogP) is 2.30. The smallest absolute Gasteiger partial charge is 0.191 e. The Kier molecular flexibility index (Phi) is 2.53. The molecule has 1 aromatic rings. The largest absolute Gasteiger partial charge is 0.501 e. The summed E-state index contributed by atoms with van der Waals surface area (Å²) in [5.74, 6) is 2.33. The molecule has 66 valence electrons. The van der Waals surface area contributed by atoms with Crippen LogP contribution in [0.25, 0.3) is 6.08 Å². The molecule has 0 aromatic carbocycles. The van der Waals surface area contributed by atoms with Crippen molar-refractivity contribution < 1.29 is 9.15 Å². The van der Waals surface area contributed by atoms with Crippen molar-refractivity contribution in [3.05, 3.63) is 23.1 Å². The summed E-state index contributed by atoms with van der Waals surface area (Å²) in [6, 6.07) is 0. The zero-order valence-corrected chi connectivity index (χ0v) is 7.84. The van der Waals surface area contributed by atoms with Crippen molar-refractivity contribution in [1.82, 2.24) is 4.98 Å². The van der Waals surface area contributed by atoms with Gasteiger partial charge in [0.05, 0.1) is 12.9 Å². The van der Waals surface area contributed by atoms with E-state index in [9.17, 15) is 0 Å². The molecule has 3 nitrogen and oxygen atoms in total. The van der Waals surface area contributed by atoms with Gasteiger partial charge in [0.2, 0.25) is 0 Å². The number of rotatable bonds is 2. The van der Waals surface area contributed by atoms with Gasteiger partial charge < -0.3 is 9.15 Å². The number of hydrogen-bond donors (Lipinski definition) is 0. The molecule has 0 fully saturated rings. The fourth-order valence-corrected chi connectivity index (χ4v) is 0.930. The van der Waals surface area contributed by atoms with Crippen LogP contribution in [0, 0.1) is 13.8 Å². The van der Waals surface area contributed by atoms with E-state index in [1.165, 1.54) is 0 Å². The maximum Gasteiger partial charge on any atom is 0.191 e. The van der Waals surface area contributed by atoms with E-state index >= 15 is 0 Å². The lowest BCUT2D eigenvalue weighted by atomic mass is 10.3. The van der Waals surface area contributed by atoms with Crippen molar-refractivity contribution in [3.63, 3.8) is 0 Å². The van der Waals surface area contributed by atoms with Gasteiger partial charge in [0.1, 0.15) is 11.5 Å². The molecule has 1 rings (SSSR count). The third-order valence-corrected chi connectivity index (χ3v) is 1.60. The zero-order chi connectivity index (χ0) is 9.14. The first-order valence-electron chi connectivity index (χ1n) is 3.80. The average molecular weight is 167 g/mol. The number of aryl methyl sites for hydroxylation is 2. The van der Waals surface area contributed by atoms with Crippen LogP contribution in [-0.4, -0.2) is 12.1 Å². The Hall–Kier alpha value is -1.25. The highest BCUT2D eigenvalue weighted by Gasteiger charge is 2.03. The van der Waals surface area contributed by atoms with E-state index in [1.54, 1.807) is 7.11 Å². The van der Waals surface area contributed by atoms with Crippen LogP contribution in [0.5, 0.6) is 0 Å². The predicted molar refractivity (Wildman–Crippen MR) is 46.6 cm³/mol. The molecule has 0 saturated heterocycles. The van der Waals surface area contributed by atoms with Gasteiger partial charge >= 0.3 is 0 Å². The SMILES string of the molecule is CO/C(C)=C/c1nc(C)oc1C. The number of aromatic nitrogens is 1. The highest BCUT2D eigenvalue weighted by atomic mass is 16.5. The Morgan fingerprint density at radius 2 is 2.17 bits per heavy atom. The van der Waals surface area contributed by atoms with Gasteiger partial charge in [0, 0.05) is 13.0 Å². The van der Waals surface area contributed by atoms with Crippen LogP contribution in [-0.2, 0) is 4.74 Å². The average Bonchev–Trinajstić information content (AvgIpc) is 2.30. The second-order valence-corrected chi connectivity index (χ2v) is 2.63. The molecular formula is C9H13NO2. The first-order valence-corrected chi connectivity index (χ1v) is 3.80.